The summed E-state index contributed by atoms with van der Waals surface area (Å²) < 4.78 is 51.5. The molecular formula is C12H9F4NS. The maximum Gasteiger partial charge on any atom is 0.416 e. The molecule has 0 saturated heterocycles. The molecule has 0 fully saturated rings. The Bertz CT molecular complexity index is 534. The lowest BCUT2D eigenvalue weighted by atomic mass is 9.99. The van der Waals surface area contributed by atoms with E-state index in [0.717, 1.165) is 18.2 Å². The van der Waals surface area contributed by atoms with Gasteiger partial charge in [0.15, 0.2) is 0 Å². The fourth-order valence-electron chi connectivity index (χ4n) is 1.67. The van der Waals surface area contributed by atoms with Crippen molar-refractivity contribution in [2.45, 2.75) is 12.2 Å². The SMILES string of the molecule is N[C@@H](c1cccs1)c1cc(F)ccc1C(F)(F)F. The molecule has 0 bridgehead atoms. The lowest BCUT2D eigenvalue weighted by molar-refractivity contribution is -0.138. The molecule has 96 valence electrons. The van der Waals surface area contributed by atoms with Crippen LogP contribution in [0.4, 0.5) is 17.6 Å². The van der Waals surface area contributed by atoms with Gasteiger partial charge in [-0.3, -0.25) is 0 Å². The highest BCUT2D eigenvalue weighted by Crippen LogP contribution is 2.36. The Kier molecular flexibility index (Phi) is 3.41. The molecular weight excluding hydrogens is 266 g/mol. The first kappa shape index (κ1) is 13.0. The molecule has 0 radical (unpaired) electrons. The number of alkyl halides is 3. The van der Waals surface area contributed by atoms with Crippen molar-refractivity contribution in [3.8, 4) is 0 Å². The maximum atomic E-state index is 13.1. The Hall–Kier alpha value is -1.40. The van der Waals surface area contributed by atoms with Crippen molar-refractivity contribution in [2.75, 3.05) is 0 Å². The Labute approximate surface area is 105 Å². The van der Waals surface area contributed by atoms with Crippen LogP contribution in [0.3, 0.4) is 0 Å². The molecule has 2 N–H and O–H groups in total. The molecule has 1 heterocycles. The number of halogens is 4. The van der Waals surface area contributed by atoms with E-state index in [0.29, 0.717) is 4.88 Å². The highest BCUT2D eigenvalue weighted by Gasteiger charge is 2.35. The van der Waals surface area contributed by atoms with Gasteiger partial charge >= 0.3 is 6.18 Å². The molecule has 2 rings (SSSR count). The second kappa shape index (κ2) is 4.70. The van der Waals surface area contributed by atoms with Gasteiger partial charge in [0.25, 0.3) is 0 Å². The maximum absolute atomic E-state index is 13.1. The molecule has 1 atom stereocenters. The second-order valence-corrected chi connectivity index (χ2v) is 4.70. The minimum Gasteiger partial charge on any atom is -0.320 e. The molecule has 0 unspecified atom stereocenters. The summed E-state index contributed by atoms with van der Waals surface area (Å²) in [6.07, 6.45) is -4.54. The van der Waals surface area contributed by atoms with Gasteiger partial charge in [-0.05, 0) is 35.2 Å². The summed E-state index contributed by atoms with van der Waals surface area (Å²) in [7, 11) is 0. The molecule has 0 saturated carbocycles. The van der Waals surface area contributed by atoms with Crippen molar-refractivity contribution >= 4 is 11.3 Å². The molecule has 0 aliphatic carbocycles. The van der Waals surface area contributed by atoms with Crippen LogP contribution in [0.25, 0.3) is 0 Å². The number of hydrogen-bond donors (Lipinski definition) is 1. The van der Waals surface area contributed by atoms with Crippen molar-refractivity contribution in [2.24, 2.45) is 5.73 Å². The second-order valence-electron chi connectivity index (χ2n) is 3.72. The normalized spacial score (nSPS) is 13.6. The predicted octanol–water partition coefficient (Wildman–Crippen LogP) is 3.95. The van der Waals surface area contributed by atoms with E-state index in [1.54, 1.807) is 17.5 Å². The average Bonchev–Trinajstić information content (AvgIpc) is 2.79. The van der Waals surface area contributed by atoms with Crippen molar-refractivity contribution < 1.29 is 17.6 Å². The van der Waals surface area contributed by atoms with Gasteiger partial charge in [-0.1, -0.05) is 6.07 Å². The van der Waals surface area contributed by atoms with Crippen LogP contribution in [0.15, 0.2) is 35.7 Å². The first-order valence-electron chi connectivity index (χ1n) is 5.05. The largest absolute Gasteiger partial charge is 0.416 e. The van der Waals surface area contributed by atoms with Crippen LogP contribution in [0, 0.1) is 5.82 Å². The standard InChI is InChI=1S/C12H9F4NS/c13-7-3-4-9(12(14,15)16)8(6-7)11(17)10-2-1-5-18-10/h1-6,11H,17H2/t11-/m1/s1. The molecule has 0 spiro atoms. The van der Waals surface area contributed by atoms with Gasteiger partial charge in [-0.25, -0.2) is 4.39 Å². The minimum atomic E-state index is -4.54. The third-order valence-electron chi connectivity index (χ3n) is 2.50. The minimum absolute atomic E-state index is 0.245. The third-order valence-corrected chi connectivity index (χ3v) is 3.46. The van der Waals surface area contributed by atoms with Gasteiger partial charge in [0.2, 0.25) is 0 Å². The molecule has 1 aromatic heterocycles. The van der Waals surface area contributed by atoms with Gasteiger partial charge < -0.3 is 5.73 Å². The summed E-state index contributed by atoms with van der Waals surface area (Å²) in [6.45, 7) is 0. The zero-order chi connectivity index (χ0) is 13.3. The van der Waals surface area contributed by atoms with E-state index in [1.807, 2.05) is 0 Å². The summed E-state index contributed by atoms with van der Waals surface area (Å²) in [5.41, 5.74) is 4.63. The van der Waals surface area contributed by atoms with E-state index >= 15 is 0 Å². The van der Waals surface area contributed by atoms with E-state index in [1.165, 1.54) is 11.3 Å². The summed E-state index contributed by atoms with van der Waals surface area (Å²) in [6, 6.07) is 4.68. The van der Waals surface area contributed by atoms with E-state index in [-0.39, 0.29) is 5.56 Å². The van der Waals surface area contributed by atoms with Crippen LogP contribution >= 0.6 is 11.3 Å². The molecule has 18 heavy (non-hydrogen) atoms. The first-order valence-corrected chi connectivity index (χ1v) is 5.93. The average molecular weight is 275 g/mol. The zero-order valence-corrected chi connectivity index (χ0v) is 9.86. The smallest absolute Gasteiger partial charge is 0.320 e. The lowest BCUT2D eigenvalue weighted by Gasteiger charge is -2.17. The Morgan fingerprint density at radius 3 is 2.44 bits per heavy atom. The lowest BCUT2D eigenvalue weighted by Crippen LogP contribution is -2.18. The third kappa shape index (κ3) is 2.54. The summed E-state index contributed by atoms with van der Waals surface area (Å²) in [4.78, 5) is 0.561. The topological polar surface area (TPSA) is 26.0 Å². The van der Waals surface area contributed by atoms with E-state index in [4.69, 9.17) is 5.73 Å². The zero-order valence-electron chi connectivity index (χ0n) is 9.04. The van der Waals surface area contributed by atoms with E-state index < -0.39 is 23.6 Å². The first-order chi connectivity index (χ1) is 8.39. The van der Waals surface area contributed by atoms with Gasteiger partial charge in [0.05, 0.1) is 11.6 Å². The summed E-state index contributed by atoms with van der Waals surface area (Å²) >= 11 is 1.24. The molecule has 0 aliphatic heterocycles. The van der Waals surface area contributed by atoms with Crippen molar-refractivity contribution in [3.63, 3.8) is 0 Å². The number of thiophene rings is 1. The Morgan fingerprint density at radius 2 is 1.89 bits per heavy atom. The summed E-state index contributed by atoms with van der Waals surface area (Å²) in [5.74, 6) is -0.731. The number of rotatable bonds is 2. The molecule has 1 aromatic carbocycles. The highest BCUT2D eigenvalue weighted by atomic mass is 32.1. The van der Waals surface area contributed by atoms with Crippen molar-refractivity contribution in [3.05, 3.63) is 57.5 Å². The van der Waals surface area contributed by atoms with Crippen LogP contribution in [0.1, 0.15) is 22.0 Å². The molecule has 6 heteroatoms. The molecule has 2 aromatic rings. The van der Waals surface area contributed by atoms with E-state index in [2.05, 4.69) is 0 Å². The van der Waals surface area contributed by atoms with Crippen molar-refractivity contribution in [1.29, 1.82) is 0 Å². The van der Waals surface area contributed by atoms with Crippen LogP contribution in [0.5, 0.6) is 0 Å². The Morgan fingerprint density at radius 1 is 1.17 bits per heavy atom. The molecule has 1 nitrogen and oxygen atoms in total. The Balaban J connectivity index is 2.52. The number of benzene rings is 1. The van der Waals surface area contributed by atoms with Crippen LogP contribution < -0.4 is 5.73 Å². The highest BCUT2D eigenvalue weighted by molar-refractivity contribution is 7.10. The summed E-state index contributed by atoms with van der Waals surface area (Å²) in [5, 5.41) is 1.71. The number of hydrogen-bond acceptors (Lipinski definition) is 2. The van der Waals surface area contributed by atoms with Crippen LogP contribution in [-0.2, 0) is 6.18 Å². The quantitative estimate of drug-likeness (QED) is 0.825. The van der Waals surface area contributed by atoms with Gasteiger partial charge in [-0.15, -0.1) is 11.3 Å². The van der Waals surface area contributed by atoms with Gasteiger partial charge in [-0.2, -0.15) is 13.2 Å². The monoisotopic (exact) mass is 275 g/mol. The van der Waals surface area contributed by atoms with Gasteiger partial charge in [0.1, 0.15) is 5.82 Å². The molecule has 0 amide bonds. The molecule has 0 aliphatic rings. The van der Waals surface area contributed by atoms with Gasteiger partial charge in [0, 0.05) is 4.88 Å². The number of nitrogens with two attached hydrogens (primary N) is 1. The van der Waals surface area contributed by atoms with Crippen LogP contribution in [0.2, 0.25) is 0 Å². The predicted molar refractivity (Wildman–Crippen MR) is 61.8 cm³/mol. The van der Waals surface area contributed by atoms with Crippen molar-refractivity contribution in [1.82, 2.24) is 0 Å². The van der Waals surface area contributed by atoms with Crippen LogP contribution in [-0.4, -0.2) is 0 Å². The fraction of sp³-hybridized carbons (Fsp3) is 0.167. The fourth-order valence-corrected chi connectivity index (χ4v) is 2.42. The van der Waals surface area contributed by atoms with E-state index in [9.17, 15) is 17.6 Å².